The van der Waals surface area contributed by atoms with Crippen LogP contribution < -0.4 is 5.32 Å². The SMILES string of the molecule is CCNCC1(CN2CCCC2)CCC(C)CC1. The fraction of sp³-hybridized carbons (Fsp3) is 1.00. The molecule has 1 aliphatic heterocycles. The molecule has 1 aliphatic carbocycles. The summed E-state index contributed by atoms with van der Waals surface area (Å²) in [6.45, 7) is 11.1. The second-order valence-corrected chi connectivity index (χ2v) is 6.45. The van der Waals surface area contributed by atoms with Crippen LogP contribution >= 0.6 is 0 Å². The van der Waals surface area contributed by atoms with Crippen LogP contribution in [0.2, 0.25) is 0 Å². The van der Waals surface area contributed by atoms with Crippen LogP contribution in [0.4, 0.5) is 0 Å². The minimum atomic E-state index is 0.590. The molecule has 2 nitrogen and oxygen atoms in total. The van der Waals surface area contributed by atoms with E-state index in [2.05, 4.69) is 24.1 Å². The molecule has 1 heterocycles. The van der Waals surface area contributed by atoms with Crippen LogP contribution in [0.25, 0.3) is 0 Å². The number of nitrogens with zero attached hydrogens (tertiary/aromatic N) is 1. The lowest BCUT2D eigenvalue weighted by Gasteiger charge is -2.42. The van der Waals surface area contributed by atoms with E-state index in [0.717, 1.165) is 12.5 Å². The van der Waals surface area contributed by atoms with Crippen LogP contribution in [0.15, 0.2) is 0 Å². The van der Waals surface area contributed by atoms with Crippen molar-refractivity contribution >= 4 is 0 Å². The molecule has 0 amide bonds. The Kier molecular flexibility index (Phi) is 4.87. The summed E-state index contributed by atoms with van der Waals surface area (Å²) >= 11 is 0. The van der Waals surface area contributed by atoms with Gasteiger partial charge in [-0.05, 0) is 56.7 Å². The lowest BCUT2D eigenvalue weighted by molar-refractivity contribution is 0.0987. The molecule has 2 fully saturated rings. The van der Waals surface area contributed by atoms with E-state index in [1.807, 2.05) is 0 Å². The van der Waals surface area contributed by atoms with E-state index < -0.39 is 0 Å². The predicted molar refractivity (Wildman–Crippen MR) is 74.3 cm³/mol. The zero-order valence-corrected chi connectivity index (χ0v) is 11.8. The summed E-state index contributed by atoms with van der Waals surface area (Å²) in [7, 11) is 0. The fourth-order valence-corrected chi connectivity index (χ4v) is 3.57. The second kappa shape index (κ2) is 6.19. The molecule has 100 valence electrons. The molecule has 0 bridgehead atoms. The van der Waals surface area contributed by atoms with Crippen molar-refractivity contribution in [3.8, 4) is 0 Å². The summed E-state index contributed by atoms with van der Waals surface area (Å²) in [5.41, 5.74) is 0.590. The van der Waals surface area contributed by atoms with Gasteiger partial charge in [0.2, 0.25) is 0 Å². The van der Waals surface area contributed by atoms with Crippen LogP contribution in [-0.2, 0) is 0 Å². The second-order valence-electron chi connectivity index (χ2n) is 6.45. The van der Waals surface area contributed by atoms with Crippen molar-refractivity contribution in [2.75, 3.05) is 32.7 Å². The molecule has 0 atom stereocenters. The molecule has 1 saturated carbocycles. The molecule has 17 heavy (non-hydrogen) atoms. The Hall–Kier alpha value is -0.0800. The number of hydrogen-bond acceptors (Lipinski definition) is 2. The van der Waals surface area contributed by atoms with Gasteiger partial charge in [0.05, 0.1) is 0 Å². The average Bonchev–Trinajstić information content (AvgIpc) is 2.83. The topological polar surface area (TPSA) is 15.3 Å². The molecule has 0 spiro atoms. The first-order chi connectivity index (χ1) is 8.24. The van der Waals surface area contributed by atoms with E-state index >= 15 is 0 Å². The maximum Gasteiger partial charge on any atom is 0.00501 e. The Balaban J connectivity index is 1.91. The number of hydrogen-bond donors (Lipinski definition) is 1. The van der Waals surface area contributed by atoms with Gasteiger partial charge in [-0.25, -0.2) is 0 Å². The number of nitrogens with one attached hydrogen (secondary N) is 1. The zero-order chi connectivity index (χ0) is 12.1. The molecular formula is C15H30N2. The number of rotatable bonds is 5. The van der Waals surface area contributed by atoms with Crippen molar-refractivity contribution in [3.63, 3.8) is 0 Å². The highest BCUT2D eigenvalue weighted by atomic mass is 15.1. The third kappa shape index (κ3) is 3.69. The Morgan fingerprint density at radius 2 is 1.82 bits per heavy atom. The molecule has 1 N–H and O–H groups in total. The normalized spacial score (nSPS) is 35.3. The largest absolute Gasteiger partial charge is 0.316 e. The minimum Gasteiger partial charge on any atom is -0.316 e. The van der Waals surface area contributed by atoms with E-state index in [0.29, 0.717) is 5.41 Å². The molecule has 0 radical (unpaired) electrons. The summed E-state index contributed by atoms with van der Waals surface area (Å²) in [5.74, 6) is 0.961. The van der Waals surface area contributed by atoms with Gasteiger partial charge in [-0.15, -0.1) is 0 Å². The fourth-order valence-electron chi connectivity index (χ4n) is 3.57. The monoisotopic (exact) mass is 238 g/mol. The molecule has 0 aromatic carbocycles. The first-order valence-electron chi connectivity index (χ1n) is 7.67. The van der Waals surface area contributed by atoms with Gasteiger partial charge < -0.3 is 10.2 Å². The smallest absolute Gasteiger partial charge is 0.00501 e. The highest BCUT2D eigenvalue weighted by Crippen LogP contribution is 2.39. The maximum atomic E-state index is 3.62. The summed E-state index contributed by atoms with van der Waals surface area (Å²) in [5, 5.41) is 3.62. The lowest BCUT2D eigenvalue weighted by Crippen LogP contribution is -2.45. The van der Waals surface area contributed by atoms with Gasteiger partial charge >= 0.3 is 0 Å². The average molecular weight is 238 g/mol. The van der Waals surface area contributed by atoms with Gasteiger partial charge in [0.15, 0.2) is 0 Å². The highest BCUT2D eigenvalue weighted by Gasteiger charge is 2.35. The highest BCUT2D eigenvalue weighted by molar-refractivity contribution is 4.90. The van der Waals surface area contributed by atoms with E-state index in [1.165, 1.54) is 64.7 Å². The number of likely N-dealkylation sites (tertiary alicyclic amines) is 1. The molecule has 2 heteroatoms. The van der Waals surface area contributed by atoms with Crippen molar-refractivity contribution in [2.45, 2.75) is 52.4 Å². The first kappa shape index (κ1) is 13.4. The van der Waals surface area contributed by atoms with Gasteiger partial charge in [-0.3, -0.25) is 0 Å². The van der Waals surface area contributed by atoms with Crippen LogP contribution in [0.1, 0.15) is 52.4 Å². The molecule has 1 saturated heterocycles. The third-order valence-corrected chi connectivity index (χ3v) is 4.84. The molecule has 2 aliphatic rings. The van der Waals surface area contributed by atoms with Crippen LogP contribution in [-0.4, -0.2) is 37.6 Å². The maximum absolute atomic E-state index is 3.62. The predicted octanol–water partition coefficient (Wildman–Crippen LogP) is 2.89. The molecular weight excluding hydrogens is 208 g/mol. The van der Waals surface area contributed by atoms with E-state index in [9.17, 15) is 0 Å². The molecule has 0 unspecified atom stereocenters. The van der Waals surface area contributed by atoms with Crippen LogP contribution in [0, 0.1) is 11.3 Å². The van der Waals surface area contributed by atoms with Crippen molar-refractivity contribution < 1.29 is 0 Å². The summed E-state index contributed by atoms with van der Waals surface area (Å²) in [6, 6.07) is 0. The standard InChI is InChI=1S/C15H30N2/c1-3-16-12-15(8-6-14(2)7-9-15)13-17-10-4-5-11-17/h14,16H,3-13H2,1-2H3. The third-order valence-electron chi connectivity index (χ3n) is 4.84. The molecule has 0 aromatic heterocycles. The minimum absolute atomic E-state index is 0.590. The molecule has 2 rings (SSSR count). The van der Waals surface area contributed by atoms with Gasteiger partial charge in [0.25, 0.3) is 0 Å². The summed E-state index contributed by atoms with van der Waals surface area (Å²) < 4.78 is 0. The quantitative estimate of drug-likeness (QED) is 0.792. The Morgan fingerprint density at radius 3 is 2.41 bits per heavy atom. The van der Waals surface area contributed by atoms with E-state index in [4.69, 9.17) is 0 Å². The van der Waals surface area contributed by atoms with Gasteiger partial charge in [-0.2, -0.15) is 0 Å². The van der Waals surface area contributed by atoms with Gasteiger partial charge in [0.1, 0.15) is 0 Å². The first-order valence-corrected chi connectivity index (χ1v) is 7.67. The Labute approximate surface area is 107 Å². The van der Waals surface area contributed by atoms with E-state index in [-0.39, 0.29) is 0 Å². The molecule has 0 aromatic rings. The van der Waals surface area contributed by atoms with E-state index in [1.54, 1.807) is 0 Å². The Morgan fingerprint density at radius 1 is 1.18 bits per heavy atom. The van der Waals surface area contributed by atoms with Crippen molar-refractivity contribution in [3.05, 3.63) is 0 Å². The van der Waals surface area contributed by atoms with Gasteiger partial charge in [0, 0.05) is 13.1 Å². The summed E-state index contributed by atoms with van der Waals surface area (Å²) in [4.78, 5) is 2.72. The van der Waals surface area contributed by atoms with Gasteiger partial charge in [-0.1, -0.05) is 26.7 Å². The Bertz CT molecular complexity index is 207. The van der Waals surface area contributed by atoms with Crippen molar-refractivity contribution in [1.82, 2.24) is 10.2 Å². The lowest BCUT2D eigenvalue weighted by atomic mass is 9.70. The van der Waals surface area contributed by atoms with Crippen molar-refractivity contribution in [1.29, 1.82) is 0 Å². The zero-order valence-electron chi connectivity index (χ0n) is 11.8. The van der Waals surface area contributed by atoms with Crippen LogP contribution in [0.5, 0.6) is 0 Å². The van der Waals surface area contributed by atoms with Crippen molar-refractivity contribution in [2.24, 2.45) is 11.3 Å². The van der Waals surface area contributed by atoms with Crippen LogP contribution in [0.3, 0.4) is 0 Å². The summed E-state index contributed by atoms with van der Waals surface area (Å²) in [6.07, 6.45) is 8.62.